The molecule has 2 aromatic rings. The van der Waals surface area contributed by atoms with E-state index in [9.17, 15) is 0 Å². The second kappa shape index (κ2) is 6.48. The van der Waals surface area contributed by atoms with Gasteiger partial charge in [-0.25, -0.2) is 0 Å². The summed E-state index contributed by atoms with van der Waals surface area (Å²) < 4.78 is 1.76. The first-order chi connectivity index (χ1) is 9.19. The summed E-state index contributed by atoms with van der Waals surface area (Å²) >= 11 is 0. The molecule has 2 rings (SSSR count). The maximum Gasteiger partial charge on any atom is 0.0833 e. The van der Waals surface area contributed by atoms with Gasteiger partial charge in [-0.3, -0.25) is 4.68 Å². The van der Waals surface area contributed by atoms with Gasteiger partial charge in [-0.15, -0.1) is 5.10 Å². The third kappa shape index (κ3) is 3.89. The molecule has 0 bridgehead atoms. The molecular formula is C15H22N4. The van der Waals surface area contributed by atoms with E-state index in [1.165, 1.54) is 11.1 Å². The Morgan fingerprint density at radius 3 is 2.58 bits per heavy atom. The van der Waals surface area contributed by atoms with Gasteiger partial charge in [0.2, 0.25) is 0 Å². The molecule has 0 saturated heterocycles. The molecule has 4 heteroatoms. The number of hydrogen-bond acceptors (Lipinski definition) is 3. The van der Waals surface area contributed by atoms with Gasteiger partial charge in [-0.2, -0.15) is 0 Å². The van der Waals surface area contributed by atoms with Crippen LogP contribution in [0.3, 0.4) is 0 Å². The maximum atomic E-state index is 4.19. The minimum atomic E-state index is 0.442. The third-order valence-electron chi connectivity index (χ3n) is 3.30. The Kier molecular flexibility index (Phi) is 4.68. The van der Waals surface area contributed by atoms with Crippen LogP contribution in [0.1, 0.15) is 29.7 Å². The molecule has 0 radical (unpaired) electrons. The number of nitrogens with one attached hydrogen (secondary N) is 1. The van der Waals surface area contributed by atoms with Crippen LogP contribution in [0.15, 0.2) is 30.5 Å². The van der Waals surface area contributed by atoms with Crippen molar-refractivity contribution in [3.8, 4) is 0 Å². The van der Waals surface area contributed by atoms with Crippen LogP contribution < -0.4 is 5.32 Å². The molecular weight excluding hydrogens is 236 g/mol. The third-order valence-corrected chi connectivity index (χ3v) is 3.30. The second-order valence-corrected chi connectivity index (χ2v) is 5.00. The molecule has 0 amide bonds. The lowest BCUT2D eigenvalue weighted by Gasteiger charge is -2.16. The summed E-state index contributed by atoms with van der Waals surface area (Å²) in [6.45, 7) is 6.21. The molecule has 1 unspecified atom stereocenters. The Bertz CT molecular complexity index is 501. The number of aryl methyl sites for hydroxylation is 2. The highest BCUT2D eigenvalue weighted by Crippen LogP contribution is 2.20. The largest absolute Gasteiger partial charge is 0.316 e. The SMILES string of the molecule is CCNCC(Cc1cn(C)nn1)c1ccc(C)cc1. The first-order valence-corrected chi connectivity index (χ1v) is 6.81. The summed E-state index contributed by atoms with van der Waals surface area (Å²) in [6, 6.07) is 8.78. The molecule has 1 heterocycles. The molecule has 0 aliphatic heterocycles. The molecule has 0 fully saturated rings. The highest BCUT2D eigenvalue weighted by atomic mass is 15.4. The highest BCUT2D eigenvalue weighted by molar-refractivity contribution is 5.26. The van der Waals surface area contributed by atoms with Crippen molar-refractivity contribution < 1.29 is 0 Å². The van der Waals surface area contributed by atoms with E-state index in [-0.39, 0.29) is 0 Å². The highest BCUT2D eigenvalue weighted by Gasteiger charge is 2.13. The lowest BCUT2D eigenvalue weighted by atomic mass is 9.93. The first kappa shape index (κ1) is 13.7. The van der Waals surface area contributed by atoms with E-state index in [4.69, 9.17) is 0 Å². The number of rotatable bonds is 6. The molecule has 0 spiro atoms. The molecule has 19 heavy (non-hydrogen) atoms. The predicted octanol–water partition coefficient (Wildman–Crippen LogP) is 2.06. The van der Waals surface area contributed by atoms with Crippen LogP contribution in [0, 0.1) is 6.92 Å². The fourth-order valence-corrected chi connectivity index (χ4v) is 2.21. The van der Waals surface area contributed by atoms with E-state index in [0.717, 1.165) is 25.2 Å². The van der Waals surface area contributed by atoms with Crippen LogP contribution in [-0.4, -0.2) is 28.1 Å². The Balaban J connectivity index is 2.13. The van der Waals surface area contributed by atoms with E-state index in [1.807, 2.05) is 13.2 Å². The van der Waals surface area contributed by atoms with Gasteiger partial charge in [-0.05, 0) is 19.0 Å². The molecule has 4 nitrogen and oxygen atoms in total. The number of likely N-dealkylation sites (N-methyl/N-ethyl adjacent to an activating group) is 1. The predicted molar refractivity (Wildman–Crippen MR) is 77.2 cm³/mol. The van der Waals surface area contributed by atoms with Crippen LogP contribution in [-0.2, 0) is 13.5 Å². The molecule has 0 aliphatic carbocycles. The van der Waals surface area contributed by atoms with Crippen LogP contribution in [0.5, 0.6) is 0 Å². The summed E-state index contributed by atoms with van der Waals surface area (Å²) in [4.78, 5) is 0. The van der Waals surface area contributed by atoms with Crippen molar-refractivity contribution in [1.82, 2.24) is 20.3 Å². The Morgan fingerprint density at radius 1 is 1.26 bits per heavy atom. The van der Waals surface area contributed by atoms with Crippen molar-refractivity contribution >= 4 is 0 Å². The molecule has 1 atom stereocenters. The van der Waals surface area contributed by atoms with Crippen molar-refractivity contribution in [2.45, 2.75) is 26.2 Å². The number of nitrogens with zero attached hydrogens (tertiary/aromatic N) is 3. The Labute approximate surface area is 114 Å². The number of aromatic nitrogens is 3. The van der Waals surface area contributed by atoms with E-state index in [0.29, 0.717) is 5.92 Å². The van der Waals surface area contributed by atoms with Crippen molar-refractivity contribution in [3.05, 3.63) is 47.3 Å². The summed E-state index contributed by atoms with van der Waals surface area (Å²) in [5.41, 5.74) is 3.70. The summed E-state index contributed by atoms with van der Waals surface area (Å²) in [5, 5.41) is 11.6. The van der Waals surface area contributed by atoms with Crippen molar-refractivity contribution in [2.75, 3.05) is 13.1 Å². The summed E-state index contributed by atoms with van der Waals surface area (Å²) in [5.74, 6) is 0.442. The van der Waals surface area contributed by atoms with E-state index < -0.39 is 0 Å². The van der Waals surface area contributed by atoms with Crippen LogP contribution >= 0.6 is 0 Å². The normalized spacial score (nSPS) is 12.6. The topological polar surface area (TPSA) is 42.7 Å². The molecule has 1 N–H and O–H groups in total. The Hall–Kier alpha value is -1.68. The minimum Gasteiger partial charge on any atom is -0.316 e. The van der Waals surface area contributed by atoms with Crippen molar-refractivity contribution in [1.29, 1.82) is 0 Å². The van der Waals surface area contributed by atoms with Crippen LogP contribution in [0.2, 0.25) is 0 Å². The molecule has 102 valence electrons. The smallest absolute Gasteiger partial charge is 0.0833 e. The number of benzene rings is 1. The minimum absolute atomic E-state index is 0.442. The summed E-state index contributed by atoms with van der Waals surface area (Å²) in [6.07, 6.45) is 2.91. The second-order valence-electron chi connectivity index (χ2n) is 5.00. The molecule has 0 aliphatic rings. The van der Waals surface area contributed by atoms with Crippen molar-refractivity contribution in [2.24, 2.45) is 7.05 Å². The average Bonchev–Trinajstić information content (AvgIpc) is 2.81. The van der Waals surface area contributed by atoms with Gasteiger partial charge < -0.3 is 5.32 Å². The fourth-order valence-electron chi connectivity index (χ4n) is 2.21. The zero-order valence-electron chi connectivity index (χ0n) is 11.9. The average molecular weight is 258 g/mol. The van der Waals surface area contributed by atoms with Gasteiger partial charge in [0.1, 0.15) is 0 Å². The van der Waals surface area contributed by atoms with Gasteiger partial charge in [0.05, 0.1) is 5.69 Å². The number of hydrogen-bond donors (Lipinski definition) is 1. The van der Waals surface area contributed by atoms with Gasteiger partial charge in [0, 0.05) is 32.1 Å². The zero-order valence-corrected chi connectivity index (χ0v) is 11.9. The van der Waals surface area contributed by atoms with Gasteiger partial charge >= 0.3 is 0 Å². The van der Waals surface area contributed by atoms with E-state index in [2.05, 4.69) is 53.7 Å². The molecule has 0 saturated carbocycles. The lowest BCUT2D eigenvalue weighted by molar-refractivity contribution is 0.588. The van der Waals surface area contributed by atoms with E-state index in [1.54, 1.807) is 4.68 Å². The standard InChI is InChI=1S/C15H22N4/c1-4-16-10-14(9-15-11-19(3)18-17-15)13-7-5-12(2)6-8-13/h5-8,11,14,16H,4,9-10H2,1-3H3. The monoisotopic (exact) mass is 258 g/mol. The van der Waals surface area contributed by atoms with Gasteiger partial charge in [-0.1, -0.05) is 42.0 Å². The molecule has 1 aromatic carbocycles. The van der Waals surface area contributed by atoms with Gasteiger partial charge in [0.25, 0.3) is 0 Å². The van der Waals surface area contributed by atoms with Crippen molar-refractivity contribution in [3.63, 3.8) is 0 Å². The fraction of sp³-hybridized carbons (Fsp3) is 0.467. The lowest BCUT2D eigenvalue weighted by Crippen LogP contribution is -2.22. The maximum absolute atomic E-state index is 4.19. The zero-order chi connectivity index (χ0) is 13.7. The van der Waals surface area contributed by atoms with Crippen LogP contribution in [0.4, 0.5) is 0 Å². The van der Waals surface area contributed by atoms with Gasteiger partial charge in [0.15, 0.2) is 0 Å². The quantitative estimate of drug-likeness (QED) is 0.862. The summed E-state index contributed by atoms with van der Waals surface area (Å²) in [7, 11) is 1.90. The Morgan fingerprint density at radius 2 is 2.00 bits per heavy atom. The van der Waals surface area contributed by atoms with E-state index >= 15 is 0 Å². The molecule has 1 aromatic heterocycles. The first-order valence-electron chi connectivity index (χ1n) is 6.81. The van der Waals surface area contributed by atoms with Crippen LogP contribution in [0.25, 0.3) is 0 Å².